The fourth-order valence-electron chi connectivity index (χ4n) is 4.29. The number of benzene rings is 1. The highest BCUT2D eigenvalue weighted by molar-refractivity contribution is 5.74. The van der Waals surface area contributed by atoms with Crippen molar-refractivity contribution in [3.8, 4) is 0 Å². The van der Waals surface area contributed by atoms with E-state index in [0.717, 1.165) is 12.8 Å². The van der Waals surface area contributed by atoms with Gasteiger partial charge in [-0.3, -0.25) is 10.1 Å². The Morgan fingerprint density at radius 2 is 1.86 bits per heavy atom. The molecule has 1 aromatic rings. The number of hydrogen-bond acceptors (Lipinski definition) is 5. The molecule has 0 heterocycles. The second-order valence-corrected chi connectivity index (χ2v) is 8.95. The van der Waals surface area contributed by atoms with Crippen LogP contribution in [-0.4, -0.2) is 40.4 Å². The average Bonchev–Trinajstić information content (AvgIpc) is 2.69. The predicted octanol–water partition coefficient (Wildman–Crippen LogP) is 3.14. The molecule has 1 saturated carbocycles. The van der Waals surface area contributed by atoms with Gasteiger partial charge in [0, 0.05) is 18.7 Å². The van der Waals surface area contributed by atoms with Crippen LogP contribution >= 0.6 is 0 Å². The number of aliphatic hydroxyl groups is 2. The molecule has 1 aliphatic carbocycles. The summed E-state index contributed by atoms with van der Waals surface area (Å²) in [5.41, 5.74) is 0.478. The van der Waals surface area contributed by atoms with Crippen molar-refractivity contribution in [3.05, 3.63) is 39.9 Å². The van der Waals surface area contributed by atoms with E-state index in [1.807, 2.05) is 0 Å². The van der Waals surface area contributed by atoms with E-state index in [2.05, 4.69) is 31.4 Å². The fourth-order valence-corrected chi connectivity index (χ4v) is 4.29. The molecule has 1 fully saturated rings. The summed E-state index contributed by atoms with van der Waals surface area (Å²) in [6.07, 6.45) is 3.45. The standard InChI is InChI=1S/C21H33N3O5/c1-21(2,3)17-7-5-4-6-15(17)12-22-20(27)23-18(13-25)19(26)14-8-10-16(11-9-14)24(28)29/h8-11,15,17-19,25-26H,4-7,12-13H2,1-3H3,(H2,22,23,27)/t15?,17?,18-,19-/m1/s1. The number of aliphatic hydroxyl groups excluding tert-OH is 2. The molecule has 162 valence electrons. The SMILES string of the molecule is CC(C)(C)C1CCCCC1CNC(=O)N[C@H](CO)[C@H](O)c1ccc([N+](=O)[O-])cc1. The molecule has 8 nitrogen and oxygen atoms in total. The molecule has 2 rings (SSSR count). The summed E-state index contributed by atoms with van der Waals surface area (Å²) in [4.78, 5) is 22.6. The van der Waals surface area contributed by atoms with Gasteiger partial charge in [-0.1, -0.05) is 33.6 Å². The first-order chi connectivity index (χ1) is 13.6. The van der Waals surface area contributed by atoms with Crippen molar-refractivity contribution in [2.75, 3.05) is 13.2 Å². The van der Waals surface area contributed by atoms with Crippen molar-refractivity contribution in [1.29, 1.82) is 0 Å². The molecule has 0 saturated heterocycles. The van der Waals surface area contributed by atoms with E-state index in [0.29, 0.717) is 23.9 Å². The van der Waals surface area contributed by atoms with Crippen molar-refractivity contribution < 1.29 is 19.9 Å². The maximum atomic E-state index is 12.4. The number of nitrogens with zero attached hydrogens (tertiary/aromatic N) is 1. The van der Waals surface area contributed by atoms with Gasteiger partial charge in [0.25, 0.3) is 5.69 Å². The van der Waals surface area contributed by atoms with Crippen LogP contribution in [0.2, 0.25) is 0 Å². The van der Waals surface area contributed by atoms with Crippen LogP contribution in [0.15, 0.2) is 24.3 Å². The van der Waals surface area contributed by atoms with Gasteiger partial charge in [-0.25, -0.2) is 4.79 Å². The van der Waals surface area contributed by atoms with E-state index in [4.69, 9.17) is 0 Å². The predicted molar refractivity (Wildman–Crippen MR) is 110 cm³/mol. The molecule has 29 heavy (non-hydrogen) atoms. The number of nitro benzene ring substituents is 1. The zero-order chi connectivity index (χ0) is 21.6. The molecule has 0 spiro atoms. The third-order valence-corrected chi connectivity index (χ3v) is 5.89. The van der Waals surface area contributed by atoms with Crippen molar-refractivity contribution in [2.45, 2.75) is 58.6 Å². The average molecular weight is 408 g/mol. The van der Waals surface area contributed by atoms with E-state index in [1.54, 1.807) is 0 Å². The molecule has 0 radical (unpaired) electrons. The third-order valence-electron chi connectivity index (χ3n) is 5.89. The molecule has 0 aromatic heterocycles. The summed E-state index contributed by atoms with van der Waals surface area (Å²) >= 11 is 0. The minimum atomic E-state index is -1.18. The Morgan fingerprint density at radius 1 is 1.24 bits per heavy atom. The third kappa shape index (κ3) is 6.40. The van der Waals surface area contributed by atoms with Crippen LogP contribution in [0.4, 0.5) is 10.5 Å². The Labute approximate surface area is 171 Å². The van der Waals surface area contributed by atoms with Crippen LogP contribution in [0, 0.1) is 27.4 Å². The topological polar surface area (TPSA) is 125 Å². The Balaban J connectivity index is 1.92. The summed E-state index contributed by atoms with van der Waals surface area (Å²) in [7, 11) is 0. The number of nitro groups is 1. The van der Waals surface area contributed by atoms with Crippen LogP contribution in [-0.2, 0) is 0 Å². The number of hydrogen-bond donors (Lipinski definition) is 4. The van der Waals surface area contributed by atoms with Crippen LogP contribution in [0.25, 0.3) is 0 Å². The molecule has 8 heteroatoms. The minimum absolute atomic E-state index is 0.0897. The smallest absolute Gasteiger partial charge is 0.315 e. The van der Waals surface area contributed by atoms with Crippen molar-refractivity contribution >= 4 is 11.7 Å². The highest BCUT2D eigenvalue weighted by atomic mass is 16.6. The number of non-ortho nitro benzene ring substituents is 1. The second-order valence-electron chi connectivity index (χ2n) is 8.95. The first kappa shape index (κ1) is 23.1. The maximum absolute atomic E-state index is 12.4. The number of carbonyl (C=O) groups excluding carboxylic acids is 1. The van der Waals surface area contributed by atoms with Crippen LogP contribution in [0.5, 0.6) is 0 Å². The van der Waals surface area contributed by atoms with E-state index in [9.17, 15) is 25.1 Å². The second kappa shape index (κ2) is 10.0. The lowest BCUT2D eigenvalue weighted by Gasteiger charge is -2.40. The summed E-state index contributed by atoms with van der Waals surface area (Å²) in [5.74, 6) is 0.942. The number of urea groups is 1. The Bertz CT molecular complexity index is 687. The van der Waals surface area contributed by atoms with Crippen molar-refractivity contribution in [3.63, 3.8) is 0 Å². The molecule has 0 aliphatic heterocycles. The lowest BCUT2D eigenvalue weighted by Crippen LogP contribution is -2.49. The van der Waals surface area contributed by atoms with Gasteiger partial charge in [0.1, 0.15) is 6.10 Å². The van der Waals surface area contributed by atoms with Crippen LogP contribution < -0.4 is 10.6 Å². The highest BCUT2D eigenvalue weighted by Gasteiger charge is 2.34. The molecule has 2 amide bonds. The van der Waals surface area contributed by atoms with E-state index in [-0.39, 0.29) is 11.1 Å². The normalized spacial score (nSPS) is 21.8. The number of carbonyl (C=O) groups is 1. The van der Waals surface area contributed by atoms with E-state index >= 15 is 0 Å². The summed E-state index contributed by atoms with van der Waals surface area (Å²) in [6.45, 7) is 6.80. The quantitative estimate of drug-likeness (QED) is 0.408. The zero-order valence-corrected chi connectivity index (χ0v) is 17.4. The molecule has 0 bridgehead atoms. The molecule has 1 aromatic carbocycles. The number of nitrogens with one attached hydrogen (secondary N) is 2. The largest absolute Gasteiger partial charge is 0.394 e. The monoisotopic (exact) mass is 407 g/mol. The maximum Gasteiger partial charge on any atom is 0.315 e. The van der Waals surface area contributed by atoms with Crippen molar-refractivity contribution in [2.24, 2.45) is 17.3 Å². The number of rotatable bonds is 7. The van der Waals surface area contributed by atoms with Gasteiger partial charge in [0.2, 0.25) is 0 Å². The van der Waals surface area contributed by atoms with Crippen molar-refractivity contribution in [1.82, 2.24) is 10.6 Å². The van der Waals surface area contributed by atoms with Gasteiger partial charge in [-0.15, -0.1) is 0 Å². The molecule has 2 unspecified atom stereocenters. The summed E-state index contributed by atoms with van der Waals surface area (Å²) < 4.78 is 0. The lowest BCUT2D eigenvalue weighted by molar-refractivity contribution is -0.384. The Kier molecular flexibility index (Phi) is 7.98. The molecular formula is C21H33N3O5. The minimum Gasteiger partial charge on any atom is -0.394 e. The Hall–Kier alpha value is -2.19. The molecule has 4 N–H and O–H groups in total. The summed E-state index contributed by atoms with van der Waals surface area (Å²) in [6, 6.07) is 4.04. The highest BCUT2D eigenvalue weighted by Crippen LogP contribution is 2.41. The number of amides is 2. The van der Waals surface area contributed by atoms with E-state index < -0.39 is 29.7 Å². The van der Waals surface area contributed by atoms with Gasteiger partial charge in [0.15, 0.2) is 0 Å². The van der Waals surface area contributed by atoms with Crippen LogP contribution in [0.3, 0.4) is 0 Å². The van der Waals surface area contributed by atoms with Gasteiger partial charge < -0.3 is 20.8 Å². The first-order valence-corrected chi connectivity index (χ1v) is 10.2. The summed E-state index contributed by atoms with van der Waals surface area (Å²) in [5, 5.41) is 36.3. The molecule has 1 aliphatic rings. The zero-order valence-electron chi connectivity index (χ0n) is 17.4. The van der Waals surface area contributed by atoms with E-state index in [1.165, 1.54) is 37.1 Å². The van der Waals surface area contributed by atoms with Gasteiger partial charge in [-0.05, 0) is 47.8 Å². The first-order valence-electron chi connectivity index (χ1n) is 10.2. The Morgan fingerprint density at radius 3 is 2.41 bits per heavy atom. The fraction of sp³-hybridized carbons (Fsp3) is 0.667. The van der Waals surface area contributed by atoms with Gasteiger partial charge in [-0.2, -0.15) is 0 Å². The van der Waals surface area contributed by atoms with Crippen LogP contribution in [0.1, 0.15) is 58.1 Å². The molecular weight excluding hydrogens is 374 g/mol. The lowest BCUT2D eigenvalue weighted by atomic mass is 9.66. The van der Waals surface area contributed by atoms with Gasteiger partial charge >= 0.3 is 6.03 Å². The molecule has 4 atom stereocenters. The van der Waals surface area contributed by atoms with Gasteiger partial charge in [0.05, 0.1) is 17.6 Å².